The molecular formula is C14H18O5. The van der Waals surface area contributed by atoms with Crippen LogP contribution in [0.4, 0.5) is 0 Å². The SMILES string of the molecule is COC(=O)[C@@H](C)[C@H](C)OC(=O)c1cccc(OC)c1. The van der Waals surface area contributed by atoms with Gasteiger partial charge in [-0.2, -0.15) is 0 Å². The predicted molar refractivity (Wildman–Crippen MR) is 69.1 cm³/mol. The maximum atomic E-state index is 11.9. The molecule has 0 saturated heterocycles. The molecule has 0 bridgehead atoms. The van der Waals surface area contributed by atoms with Crippen LogP contribution in [0.5, 0.6) is 5.75 Å². The number of benzene rings is 1. The van der Waals surface area contributed by atoms with Gasteiger partial charge in [0.1, 0.15) is 11.9 Å². The Morgan fingerprint density at radius 2 is 1.84 bits per heavy atom. The molecule has 0 radical (unpaired) electrons. The molecule has 0 unspecified atom stereocenters. The van der Waals surface area contributed by atoms with Crippen LogP contribution in [0.25, 0.3) is 0 Å². The summed E-state index contributed by atoms with van der Waals surface area (Å²) in [5.74, 6) is -0.851. The van der Waals surface area contributed by atoms with Crippen molar-refractivity contribution in [1.82, 2.24) is 0 Å². The molecule has 0 fully saturated rings. The zero-order chi connectivity index (χ0) is 14.4. The smallest absolute Gasteiger partial charge is 0.338 e. The molecule has 2 atom stereocenters. The average Bonchev–Trinajstić information content (AvgIpc) is 2.45. The van der Waals surface area contributed by atoms with Crippen molar-refractivity contribution in [1.29, 1.82) is 0 Å². The standard InChI is InChI=1S/C14H18O5/c1-9(13(15)18-4)10(2)19-14(16)11-6-5-7-12(8-11)17-3/h5-10H,1-4H3/t9-,10-/m0/s1. The first-order valence-corrected chi connectivity index (χ1v) is 5.92. The van der Waals surface area contributed by atoms with Crippen molar-refractivity contribution in [3.8, 4) is 5.75 Å². The number of esters is 2. The molecule has 0 N–H and O–H groups in total. The van der Waals surface area contributed by atoms with Crippen LogP contribution in [0.3, 0.4) is 0 Å². The van der Waals surface area contributed by atoms with Crippen LogP contribution in [0, 0.1) is 5.92 Å². The third kappa shape index (κ3) is 3.98. The molecule has 5 heteroatoms. The molecule has 0 heterocycles. The van der Waals surface area contributed by atoms with Gasteiger partial charge < -0.3 is 14.2 Å². The second-order valence-electron chi connectivity index (χ2n) is 4.15. The second kappa shape index (κ2) is 6.78. The zero-order valence-corrected chi connectivity index (χ0v) is 11.5. The Labute approximate surface area is 112 Å². The van der Waals surface area contributed by atoms with Crippen LogP contribution in [-0.4, -0.2) is 32.3 Å². The highest BCUT2D eigenvalue weighted by atomic mass is 16.6. The van der Waals surface area contributed by atoms with E-state index in [1.165, 1.54) is 14.2 Å². The maximum absolute atomic E-state index is 11.9. The first-order valence-electron chi connectivity index (χ1n) is 5.92. The quantitative estimate of drug-likeness (QED) is 0.763. The summed E-state index contributed by atoms with van der Waals surface area (Å²) in [4.78, 5) is 23.2. The van der Waals surface area contributed by atoms with E-state index in [1.807, 2.05) is 0 Å². The molecule has 1 aromatic carbocycles. The van der Waals surface area contributed by atoms with E-state index >= 15 is 0 Å². The van der Waals surface area contributed by atoms with Crippen LogP contribution in [0.2, 0.25) is 0 Å². The van der Waals surface area contributed by atoms with Crippen LogP contribution in [0.1, 0.15) is 24.2 Å². The van der Waals surface area contributed by atoms with Gasteiger partial charge in [0.25, 0.3) is 0 Å². The summed E-state index contributed by atoms with van der Waals surface area (Å²) in [5, 5.41) is 0. The van der Waals surface area contributed by atoms with Crippen molar-refractivity contribution < 1.29 is 23.8 Å². The van der Waals surface area contributed by atoms with E-state index in [9.17, 15) is 9.59 Å². The molecule has 104 valence electrons. The normalized spacial score (nSPS) is 13.3. The third-order valence-corrected chi connectivity index (χ3v) is 2.88. The Bertz CT molecular complexity index is 455. The molecule has 0 spiro atoms. The van der Waals surface area contributed by atoms with E-state index < -0.39 is 24.0 Å². The Balaban J connectivity index is 2.71. The Kier molecular flexibility index (Phi) is 5.36. The fourth-order valence-corrected chi connectivity index (χ4v) is 1.47. The van der Waals surface area contributed by atoms with Crippen molar-refractivity contribution in [2.24, 2.45) is 5.92 Å². The molecule has 0 amide bonds. The van der Waals surface area contributed by atoms with E-state index in [1.54, 1.807) is 38.1 Å². The van der Waals surface area contributed by atoms with Gasteiger partial charge >= 0.3 is 11.9 Å². The van der Waals surface area contributed by atoms with Gasteiger partial charge in [-0.15, -0.1) is 0 Å². The summed E-state index contributed by atoms with van der Waals surface area (Å²) < 4.78 is 14.9. The maximum Gasteiger partial charge on any atom is 0.338 e. The number of hydrogen-bond donors (Lipinski definition) is 0. The number of ether oxygens (including phenoxy) is 3. The lowest BCUT2D eigenvalue weighted by molar-refractivity contribution is -0.148. The minimum Gasteiger partial charge on any atom is -0.497 e. The third-order valence-electron chi connectivity index (χ3n) is 2.88. The first-order chi connectivity index (χ1) is 8.99. The van der Waals surface area contributed by atoms with Crippen molar-refractivity contribution in [2.45, 2.75) is 20.0 Å². The highest BCUT2D eigenvalue weighted by Crippen LogP contribution is 2.16. The van der Waals surface area contributed by atoms with E-state index in [4.69, 9.17) is 9.47 Å². The predicted octanol–water partition coefficient (Wildman–Crippen LogP) is 2.05. The molecular weight excluding hydrogens is 248 g/mol. The summed E-state index contributed by atoms with van der Waals surface area (Å²) >= 11 is 0. The number of carbonyl (C=O) groups excluding carboxylic acids is 2. The molecule has 0 aliphatic carbocycles. The number of hydrogen-bond acceptors (Lipinski definition) is 5. The fourth-order valence-electron chi connectivity index (χ4n) is 1.47. The van der Waals surface area contributed by atoms with E-state index in [2.05, 4.69) is 4.74 Å². The fraction of sp³-hybridized carbons (Fsp3) is 0.429. The van der Waals surface area contributed by atoms with Gasteiger partial charge in [-0.25, -0.2) is 4.79 Å². The van der Waals surface area contributed by atoms with Gasteiger partial charge in [-0.1, -0.05) is 6.07 Å². The van der Waals surface area contributed by atoms with Crippen molar-refractivity contribution in [3.05, 3.63) is 29.8 Å². The minimum atomic E-state index is -0.564. The molecule has 0 aliphatic rings. The monoisotopic (exact) mass is 266 g/mol. The summed E-state index contributed by atoms with van der Waals surface area (Å²) in [5.41, 5.74) is 0.378. The molecule has 1 aromatic rings. The van der Waals surface area contributed by atoms with Gasteiger partial charge in [-0.05, 0) is 32.0 Å². The van der Waals surface area contributed by atoms with Crippen LogP contribution >= 0.6 is 0 Å². The first kappa shape index (κ1) is 15.0. The molecule has 0 aliphatic heterocycles. The lowest BCUT2D eigenvalue weighted by atomic mass is 10.1. The summed E-state index contributed by atoms with van der Waals surface area (Å²) in [7, 11) is 2.82. The van der Waals surface area contributed by atoms with Gasteiger partial charge in [0.05, 0.1) is 25.7 Å². The van der Waals surface area contributed by atoms with Gasteiger partial charge in [0.15, 0.2) is 0 Å². The lowest BCUT2D eigenvalue weighted by Gasteiger charge is -2.18. The van der Waals surface area contributed by atoms with Gasteiger partial charge in [0.2, 0.25) is 0 Å². The Morgan fingerprint density at radius 3 is 2.42 bits per heavy atom. The molecule has 1 rings (SSSR count). The Morgan fingerprint density at radius 1 is 1.16 bits per heavy atom. The van der Waals surface area contributed by atoms with E-state index in [0.717, 1.165) is 0 Å². The highest BCUT2D eigenvalue weighted by molar-refractivity contribution is 5.90. The Hall–Kier alpha value is -2.04. The molecule has 5 nitrogen and oxygen atoms in total. The summed E-state index contributed by atoms with van der Waals surface area (Å²) in [6, 6.07) is 6.64. The van der Waals surface area contributed by atoms with Gasteiger partial charge in [-0.3, -0.25) is 4.79 Å². The largest absolute Gasteiger partial charge is 0.497 e. The number of rotatable bonds is 5. The van der Waals surface area contributed by atoms with E-state index in [0.29, 0.717) is 11.3 Å². The molecule has 19 heavy (non-hydrogen) atoms. The average molecular weight is 266 g/mol. The van der Waals surface area contributed by atoms with Crippen LogP contribution in [-0.2, 0) is 14.3 Å². The minimum absolute atomic E-state index is 0.378. The number of carbonyl (C=O) groups is 2. The van der Waals surface area contributed by atoms with Crippen LogP contribution in [0.15, 0.2) is 24.3 Å². The van der Waals surface area contributed by atoms with Crippen molar-refractivity contribution >= 4 is 11.9 Å². The number of methoxy groups -OCH3 is 2. The summed E-state index contributed by atoms with van der Waals surface area (Å²) in [6.45, 7) is 3.30. The zero-order valence-electron chi connectivity index (χ0n) is 11.5. The molecule has 0 aromatic heterocycles. The van der Waals surface area contributed by atoms with E-state index in [-0.39, 0.29) is 0 Å². The van der Waals surface area contributed by atoms with Crippen molar-refractivity contribution in [2.75, 3.05) is 14.2 Å². The summed E-state index contributed by atoms with van der Waals surface area (Å²) in [6.07, 6.45) is -0.564. The van der Waals surface area contributed by atoms with Gasteiger partial charge in [0, 0.05) is 0 Å². The topological polar surface area (TPSA) is 61.8 Å². The highest BCUT2D eigenvalue weighted by Gasteiger charge is 2.24. The van der Waals surface area contributed by atoms with Crippen LogP contribution < -0.4 is 4.74 Å². The van der Waals surface area contributed by atoms with Crippen molar-refractivity contribution in [3.63, 3.8) is 0 Å². The second-order valence-corrected chi connectivity index (χ2v) is 4.15. The molecule has 0 saturated carbocycles. The lowest BCUT2D eigenvalue weighted by Crippen LogP contribution is -2.29.